The van der Waals surface area contributed by atoms with Crippen molar-refractivity contribution in [1.29, 1.82) is 0 Å². The van der Waals surface area contributed by atoms with Gasteiger partial charge in [-0.1, -0.05) is 11.3 Å². The van der Waals surface area contributed by atoms with E-state index in [2.05, 4.69) is 20.3 Å². The van der Waals surface area contributed by atoms with Gasteiger partial charge in [0.15, 0.2) is 16.9 Å². The lowest BCUT2D eigenvalue weighted by Gasteiger charge is -2.05. The van der Waals surface area contributed by atoms with Crippen LogP contribution in [0.3, 0.4) is 0 Å². The van der Waals surface area contributed by atoms with Crippen LogP contribution < -0.4 is 11.5 Å². The highest BCUT2D eigenvalue weighted by atomic mass is 19.1. The summed E-state index contributed by atoms with van der Waals surface area (Å²) >= 11 is 0. The second-order valence-corrected chi connectivity index (χ2v) is 5.18. The van der Waals surface area contributed by atoms with Gasteiger partial charge >= 0.3 is 0 Å². The summed E-state index contributed by atoms with van der Waals surface area (Å²) in [5, 5.41) is 8.21. The molecule has 1 aromatic carbocycles. The van der Waals surface area contributed by atoms with Crippen LogP contribution in [0.15, 0.2) is 41.0 Å². The number of nitrogens with zero attached hydrogens (tertiary/aromatic N) is 5. The average Bonchev–Trinajstić information content (AvgIpc) is 3.21. The first kappa shape index (κ1) is 14.1. The van der Waals surface area contributed by atoms with Crippen molar-refractivity contribution in [3.05, 3.63) is 48.0 Å². The van der Waals surface area contributed by atoms with E-state index in [1.165, 1.54) is 12.3 Å². The van der Waals surface area contributed by atoms with E-state index in [1.54, 1.807) is 28.9 Å². The Morgan fingerprint density at radius 1 is 1.17 bits per heavy atom. The molecule has 0 aliphatic rings. The summed E-state index contributed by atoms with van der Waals surface area (Å²) < 4.78 is 20.2. The molecule has 9 heteroatoms. The van der Waals surface area contributed by atoms with E-state index in [1.807, 2.05) is 0 Å². The minimum atomic E-state index is -0.464. The topological polar surface area (TPSA) is 122 Å². The fourth-order valence-corrected chi connectivity index (χ4v) is 2.43. The number of fused-ring (bicyclic) bond motifs is 1. The SMILES string of the molecule is Nc1nc(-c2ccco2)c2nnn(Cc3ccc(F)c(N)c3)c2n1. The van der Waals surface area contributed by atoms with Crippen LogP contribution in [0.25, 0.3) is 22.6 Å². The Labute approximate surface area is 134 Å². The highest BCUT2D eigenvalue weighted by Gasteiger charge is 2.17. The monoisotopic (exact) mass is 325 g/mol. The maximum Gasteiger partial charge on any atom is 0.222 e. The van der Waals surface area contributed by atoms with Crippen molar-refractivity contribution in [2.24, 2.45) is 0 Å². The molecule has 0 saturated carbocycles. The number of furan rings is 1. The van der Waals surface area contributed by atoms with Gasteiger partial charge < -0.3 is 15.9 Å². The average molecular weight is 325 g/mol. The van der Waals surface area contributed by atoms with Crippen LogP contribution in [0.1, 0.15) is 5.56 Å². The molecule has 0 fully saturated rings. The third-order valence-electron chi connectivity index (χ3n) is 3.53. The summed E-state index contributed by atoms with van der Waals surface area (Å²) in [5.41, 5.74) is 13.6. The molecule has 0 aliphatic carbocycles. The Hall–Kier alpha value is -3.49. The van der Waals surface area contributed by atoms with Gasteiger partial charge in [0.05, 0.1) is 18.5 Å². The highest BCUT2D eigenvalue weighted by Crippen LogP contribution is 2.25. The van der Waals surface area contributed by atoms with Crippen molar-refractivity contribution < 1.29 is 8.81 Å². The zero-order valence-electron chi connectivity index (χ0n) is 12.3. The van der Waals surface area contributed by atoms with E-state index >= 15 is 0 Å². The quantitative estimate of drug-likeness (QED) is 0.551. The fraction of sp³-hybridized carbons (Fsp3) is 0.0667. The molecule has 0 spiro atoms. The van der Waals surface area contributed by atoms with Gasteiger partial charge in [-0.05, 0) is 29.8 Å². The Kier molecular flexibility index (Phi) is 3.12. The Balaban J connectivity index is 1.81. The van der Waals surface area contributed by atoms with Crippen molar-refractivity contribution in [2.45, 2.75) is 6.54 Å². The predicted molar refractivity (Wildman–Crippen MR) is 85.1 cm³/mol. The fourth-order valence-electron chi connectivity index (χ4n) is 2.43. The van der Waals surface area contributed by atoms with Gasteiger partial charge in [-0.2, -0.15) is 4.98 Å². The van der Waals surface area contributed by atoms with Crippen LogP contribution in [-0.4, -0.2) is 25.0 Å². The Morgan fingerprint density at radius 3 is 2.79 bits per heavy atom. The number of rotatable bonds is 3. The number of nitrogen functional groups attached to an aromatic ring is 2. The van der Waals surface area contributed by atoms with E-state index in [0.29, 0.717) is 29.2 Å². The summed E-state index contributed by atoms with van der Waals surface area (Å²) in [4.78, 5) is 8.38. The van der Waals surface area contributed by atoms with Gasteiger partial charge in [0.1, 0.15) is 11.5 Å². The predicted octanol–water partition coefficient (Wildman–Crippen LogP) is 1.83. The third-order valence-corrected chi connectivity index (χ3v) is 3.53. The molecule has 8 nitrogen and oxygen atoms in total. The molecule has 0 radical (unpaired) electrons. The molecule has 0 unspecified atom stereocenters. The maximum atomic E-state index is 13.3. The zero-order valence-corrected chi connectivity index (χ0v) is 12.3. The standard InChI is InChI=1S/C15H12FN7O/c16-9-4-3-8(6-10(9)17)7-23-14-13(21-22-23)12(19-15(18)20-14)11-2-1-5-24-11/h1-6H,7,17H2,(H2,18,19,20). The lowest BCUT2D eigenvalue weighted by molar-refractivity contribution is 0.580. The number of aromatic nitrogens is 5. The molecular weight excluding hydrogens is 313 g/mol. The number of anilines is 2. The van der Waals surface area contributed by atoms with Crippen molar-refractivity contribution >= 4 is 22.8 Å². The number of benzene rings is 1. The molecule has 0 bridgehead atoms. The molecule has 4 N–H and O–H groups in total. The highest BCUT2D eigenvalue weighted by molar-refractivity contribution is 5.85. The molecule has 0 aliphatic heterocycles. The smallest absolute Gasteiger partial charge is 0.222 e. The second kappa shape index (κ2) is 5.30. The van der Waals surface area contributed by atoms with Gasteiger partial charge in [0.2, 0.25) is 5.95 Å². The molecule has 3 aromatic heterocycles. The Morgan fingerprint density at radius 2 is 2.04 bits per heavy atom. The molecule has 3 heterocycles. The first-order chi connectivity index (χ1) is 11.6. The van der Waals surface area contributed by atoms with E-state index < -0.39 is 5.82 Å². The van der Waals surface area contributed by atoms with Crippen LogP contribution in [0, 0.1) is 5.82 Å². The van der Waals surface area contributed by atoms with E-state index in [-0.39, 0.29) is 11.6 Å². The minimum absolute atomic E-state index is 0.0716. The number of hydrogen-bond acceptors (Lipinski definition) is 7. The largest absolute Gasteiger partial charge is 0.463 e. The van der Waals surface area contributed by atoms with Crippen LogP contribution >= 0.6 is 0 Å². The maximum absolute atomic E-state index is 13.3. The van der Waals surface area contributed by atoms with Crippen LogP contribution in [0.5, 0.6) is 0 Å². The molecule has 0 saturated heterocycles. The van der Waals surface area contributed by atoms with Gasteiger partial charge in [0.25, 0.3) is 0 Å². The molecule has 120 valence electrons. The van der Waals surface area contributed by atoms with Crippen molar-refractivity contribution in [3.8, 4) is 11.5 Å². The van der Waals surface area contributed by atoms with Crippen molar-refractivity contribution in [2.75, 3.05) is 11.5 Å². The summed E-state index contributed by atoms with van der Waals surface area (Å²) in [5.74, 6) is 0.136. The van der Waals surface area contributed by atoms with Crippen LogP contribution in [0.2, 0.25) is 0 Å². The minimum Gasteiger partial charge on any atom is -0.463 e. The lowest BCUT2D eigenvalue weighted by Crippen LogP contribution is -2.06. The number of nitrogens with two attached hydrogens (primary N) is 2. The van der Waals surface area contributed by atoms with Gasteiger partial charge in [-0.3, -0.25) is 0 Å². The molecule has 4 rings (SSSR count). The van der Waals surface area contributed by atoms with Crippen molar-refractivity contribution in [1.82, 2.24) is 25.0 Å². The summed E-state index contributed by atoms with van der Waals surface area (Å²) in [6, 6.07) is 7.96. The van der Waals surface area contributed by atoms with Crippen molar-refractivity contribution in [3.63, 3.8) is 0 Å². The van der Waals surface area contributed by atoms with E-state index in [9.17, 15) is 4.39 Å². The lowest BCUT2D eigenvalue weighted by atomic mass is 10.2. The summed E-state index contributed by atoms with van der Waals surface area (Å²) in [7, 11) is 0. The third kappa shape index (κ3) is 2.32. The second-order valence-electron chi connectivity index (χ2n) is 5.18. The van der Waals surface area contributed by atoms with Crippen LogP contribution in [0.4, 0.5) is 16.0 Å². The first-order valence-electron chi connectivity index (χ1n) is 7.06. The van der Waals surface area contributed by atoms with Gasteiger partial charge in [0, 0.05) is 0 Å². The summed E-state index contributed by atoms with van der Waals surface area (Å²) in [6.45, 7) is 0.315. The summed E-state index contributed by atoms with van der Waals surface area (Å²) in [6.07, 6.45) is 1.53. The molecule has 4 aromatic rings. The van der Waals surface area contributed by atoms with E-state index in [0.717, 1.165) is 5.56 Å². The molecule has 0 atom stereocenters. The normalized spacial score (nSPS) is 11.2. The van der Waals surface area contributed by atoms with E-state index in [4.69, 9.17) is 15.9 Å². The number of hydrogen-bond donors (Lipinski definition) is 2. The molecular formula is C15H12FN7O. The Bertz CT molecular complexity index is 1030. The zero-order chi connectivity index (χ0) is 16.7. The van der Waals surface area contributed by atoms with Gasteiger partial charge in [-0.15, -0.1) is 5.10 Å². The first-order valence-corrected chi connectivity index (χ1v) is 7.06. The molecule has 24 heavy (non-hydrogen) atoms. The molecule has 0 amide bonds. The van der Waals surface area contributed by atoms with Crippen LogP contribution in [-0.2, 0) is 6.54 Å². The number of halogens is 1. The van der Waals surface area contributed by atoms with Gasteiger partial charge in [-0.25, -0.2) is 14.1 Å².